The second-order valence-electron chi connectivity index (χ2n) is 5.57. The Hall–Kier alpha value is -2.46. The van der Waals surface area contributed by atoms with Gasteiger partial charge in [0.25, 0.3) is 0 Å². The van der Waals surface area contributed by atoms with Gasteiger partial charge >= 0.3 is 0 Å². The van der Waals surface area contributed by atoms with Crippen LogP contribution < -0.4 is 10.2 Å². The number of fused-ring (bicyclic) bond motifs is 2. The summed E-state index contributed by atoms with van der Waals surface area (Å²) in [5.41, 5.74) is 6.80. The minimum Gasteiger partial charge on any atom is -0.488 e. The number of para-hydroxylation sites is 1. The summed E-state index contributed by atoms with van der Waals surface area (Å²) in [6, 6.07) is 14.5. The van der Waals surface area contributed by atoms with Gasteiger partial charge < -0.3 is 20.1 Å². The van der Waals surface area contributed by atoms with Gasteiger partial charge in [0.2, 0.25) is 0 Å². The second kappa shape index (κ2) is 5.07. The van der Waals surface area contributed by atoms with Crippen LogP contribution in [0.1, 0.15) is 16.7 Å². The van der Waals surface area contributed by atoms with E-state index in [1.54, 1.807) is 0 Å². The van der Waals surface area contributed by atoms with Gasteiger partial charge in [0.1, 0.15) is 19.1 Å². The normalized spacial score (nSPS) is 18.9. The van der Waals surface area contributed by atoms with Crippen LogP contribution in [0.3, 0.4) is 0 Å². The molecule has 22 heavy (non-hydrogen) atoms. The van der Waals surface area contributed by atoms with Crippen molar-refractivity contribution in [3.63, 3.8) is 0 Å². The molecular weight excluding hydrogens is 276 g/mol. The van der Waals surface area contributed by atoms with Crippen LogP contribution in [0.25, 0.3) is 11.3 Å². The number of rotatable bonds is 2. The molecule has 2 aromatic carbocycles. The highest BCUT2D eigenvalue weighted by molar-refractivity contribution is 5.98. The van der Waals surface area contributed by atoms with Crippen LogP contribution in [-0.4, -0.2) is 25.4 Å². The minimum atomic E-state index is 0.0111. The summed E-state index contributed by atoms with van der Waals surface area (Å²) in [7, 11) is 1.92. The summed E-state index contributed by atoms with van der Waals surface area (Å²) in [5, 5.41) is 12.8. The molecule has 112 valence electrons. The van der Waals surface area contributed by atoms with E-state index >= 15 is 0 Å². The average molecular weight is 294 g/mol. The molecule has 0 aliphatic carbocycles. The molecule has 4 heteroatoms. The number of anilines is 2. The fraction of sp³-hybridized carbons (Fsp3) is 0.222. The molecule has 2 aromatic rings. The van der Waals surface area contributed by atoms with E-state index in [1.165, 1.54) is 5.56 Å². The standard InChI is InChI=1S/C18H18N2O2/c1-19-13-7-6-12-10-22-18(15(12)8-13)16-9-20(11-21)17-5-3-2-4-14(16)17/h2-8,19,21H,9-11H2,1H3. The monoisotopic (exact) mass is 294 g/mol. The molecule has 0 unspecified atom stereocenters. The predicted molar refractivity (Wildman–Crippen MR) is 88.5 cm³/mol. The molecule has 0 atom stereocenters. The third-order valence-corrected chi connectivity index (χ3v) is 4.38. The van der Waals surface area contributed by atoms with Crippen molar-refractivity contribution in [1.82, 2.24) is 0 Å². The van der Waals surface area contributed by atoms with Gasteiger partial charge in [-0.05, 0) is 18.2 Å². The molecule has 0 saturated heterocycles. The van der Waals surface area contributed by atoms with Gasteiger partial charge in [-0.2, -0.15) is 0 Å². The van der Waals surface area contributed by atoms with E-state index in [2.05, 4.69) is 29.6 Å². The van der Waals surface area contributed by atoms with Crippen molar-refractivity contribution in [3.8, 4) is 0 Å². The van der Waals surface area contributed by atoms with Crippen molar-refractivity contribution in [2.75, 3.05) is 30.5 Å². The van der Waals surface area contributed by atoms with Gasteiger partial charge in [-0.15, -0.1) is 0 Å². The summed E-state index contributed by atoms with van der Waals surface area (Å²) < 4.78 is 6.00. The molecule has 2 N–H and O–H groups in total. The lowest BCUT2D eigenvalue weighted by Gasteiger charge is -2.14. The molecule has 0 aromatic heterocycles. The number of aliphatic hydroxyl groups is 1. The molecule has 2 aliphatic rings. The molecule has 0 amide bonds. The molecule has 4 rings (SSSR count). The lowest BCUT2D eigenvalue weighted by atomic mass is 10.0. The first-order valence-corrected chi connectivity index (χ1v) is 7.44. The van der Waals surface area contributed by atoms with Crippen molar-refractivity contribution >= 4 is 22.7 Å². The first-order chi connectivity index (χ1) is 10.8. The van der Waals surface area contributed by atoms with Crippen molar-refractivity contribution in [3.05, 3.63) is 59.2 Å². The van der Waals surface area contributed by atoms with Crippen molar-refractivity contribution in [2.24, 2.45) is 0 Å². The number of nitrogens with one attached hydrogen (secondary N) is 1. The van der Waals surface area contributed by atoms with E-state index in [0.29, 0.717) is 13.2 Å². The van der Waals surface area contributed by atoms with Crippen LogP contribution in [-0.2, 0) is 11.3 Å². The topological polar surface area (TPSA) is 44.7 Å². The van der Waals surface area contributed by atoms with Crippen molar-refractivity contribution in [1.29, 1.82) is 0 Å². The summed E-state index contributed by atoms with van der Waals surface area (Å²) in [4.78, 5) is 1.96. The molecule has 2 aliphatic heterocycles. The fourth-order valence-corrected chi connectivity index (χ4v) is 3.23. The average Bonchev–Trinajstić information content (AvgIpc) is 3.15. The summed E-state index contributed by atoms with van der Waals surface area (Å²) in [6.45, 7) is 1.30. The maximum absolute atomic E-state index is 9.60. The molecule has 0 bridgehead atoms. The number of aliphatic hydroxyl groups excluding tert-OH is 1. The highest BCUT2D eigenvalue weighted by Gasteiger charge is 2.30. The Morgan fingerprint density at radius 2 is 2.05 bits per heavy atom. The van der Waals surface area contributed by atoms with Crippen LogP contribution >= 0.6 is 0 Å². The Kier molecular flexibility index (Phi) is 3.05. The molecule has 4 nitrogen and oxygen atoms in total. The highest BCUT2D eigenvalue weighted by Crippen LogP contribution is 2.43. The first kappa shape index (κ1) is 13.2. The number of benzene rings is 2. The summed E-state index contributed by atoms with van der Waals surface area (Å²) in [5.74, 6) is 0.940. The second-order valence-corrected chi connectivity index (χ2v) is 5.57. The quantitative estimate of drug-likeness (QED) is 0.894. The van der Waals surface area contributed by atoms with Gasteiger partial charge in [0, 0.05) is 47.2 Å². The van der Waals surface area contributed by atoms with Gasteiger partial charge in [-0.1, -0.05) is 24.3 Å². The first-order valence-electron chi connectivity index (χ1n) is 7.44. The Morgan fingerprint density at radius 1 is 1.18 bits per heavy atom. The predicted octanol–water partition coefficient (Wildman–Crippen LogP) is 2.90. The lowest BCUT2D eigenvalue weighted by molar-refractivity contribution is 0.285. The van der Waals surface area contributed by atoms with Crippen LogP contribution in [0.2, 0.25) is 0 Å². The van der Waals surface area contributed by atoms with Gasteiger partial charge in [-0.25, -0.2) is 0 Å². The van der Waals surface area contributed by atoms with Gasteiger partial charge in [0.15, 0.2) is 0 Å². The lowest BCUT2D eigenvalue weighted by Crippen LogP contribution is -2.20. The van der Waals surface area contributed by atoms with E-state index in [-0.39, 0.29) is 6.73 Å². The Balaban J connectivity index is 1.88. The molecule has 0 saturated carbocycles. The van der Waals surface area contributed by atoms with Crippen molar-refractivity contribution in [2.45, 2.75) is 6.61 Å². The Morgan fingerprint density at radius 3 is 2.86 bits per heavy atom. The fourth-order valence-electron chi connectivity index (χ4n) is 3.23. The van der Waals surface area contributed by atoms with E-state index < -0.39 is 0 Å². The van der Waals surface area contributed by atoms with E-state index in [4.69, 9.17) is 4.74 Å². The van der Waals surface area contributed by atoms with Crippen LogP contribution in [0.15, 0.2) is 42.5 Å². The number of ether oxygens (including phenoxy) is 1. The molecule has 2 heterocycles. The van der Waals surface area contributed by atoms with Crippen LogP contribution in [0.4, 0.5) is 11.4 Å². The Labute approximate surface area is 129 Å². The molecule has 0 fully saturated rings. The number of hydrogen-bond acceptors (Lipinski definition) is 4. The minimum absolute atomic E-state index is 0.0111. The number of nitrogens with zero attached hydrogens (tertiary/aromatic N) is 1. The van der Waals surface area contributed by atoms with E-state index in [1.807, 2.05) is 30.1 Å². The summed E-state index contributed by atoms with van der Waals surface area (Å²) in [6.07, 6.45) is 0. The Bertz CT molecular complexity index is 767. The smallest absolute Gasteiger partial charge is 0.133 e. The number of hydrogen-bond donors (Lipinski definition) is 2. The largest absolute Gasteiger partial charge is 0.488 e. The van der Waals surface area contributed by atoms with Crippen LogP contribution in [0.5, 0.6) is 0 Å². The zero-order valence-corrected chi connectivity index (χ0v) is 12.5. The highest BCUT2D eigenvalue weighted by atomic mass is 16.5. The zero-order chi connectivity index (χ0) is 15.1. The van der Waals surface area contributed by atoms with Crippen molar-refractivity contribution < 1.29 is 9.84 Å². The molecule has 0 radical (unpaired) electrons. The molecular formula is C18H18N2O2. The third-order valence-electron chi connectivity index (χ3n) is 4.38. The maximum atomic E-state index is 9.60. The summed E-state index contributed by atoms with van der Waals surface area (Å²) >= 11 is 0. The SMILES string of the molecule is CNc1ccc2c(c1)C(=C1CN(CO)c3ccccc31)OC2. The van der Waals surface area contributed by atoms with E-state index in [0.717, 1.165) is 33.8 Å². The maximum Gasteiger partial charge on any atom is 0.133 e. The zero-order valence-electron chi connectivity index (χ0n) is 12.5. The van der Waals surface area contributed by atoms with Gasteiger partial charge in [-0.3, -0.25) is 0 Å². The third kappa shape index (κ3) is 1.88. The van der Waals surface area contributed by atoms with Gasteiger partial charge in [0.05, 0.1) is 0 Å². The molecule has 0 spiro atoms. The van der Waals surface area contributed by atoms with E-state index in [9.17, 15) is 5.11 Å². The van der Waals surface area contributed by atoms with Crippen LogP contribution in [0, 0.1) is 0 Å².